The smallest absolute Gasteiger partial charge is 0.341 e. The minimum absolute atomic E-state index is 0.125. The van der Waals surface area contributed by atoms with Crippen LogP contribution in [0.2, 0.25) is 10.0 Å². The first-order valence-corrected chi connectivity index (χ1v) is 11.4. The first-order chi connectivity index (χ1) is 16.3. The number of carbonyl (C=O) groups excluding carboxylic acids is 4. The predicted octanol–water partition coefficient (Wildman–Crippen LogP) is 4.40. The highest BCUT2D eigenvalue weighted by molar-refractivity contribution is 7.15. The minimum atomic E-state index is -0.846. The lowest BCUT2D eigenvalue weighted by atomic mass is 10.1. The van der Waals surface area contributed by atoms with Gasteiger partial charge in [-0.1, -0.05) is 23.2 Å². The van der Waals surface area contributed by atoms with Gasteiger partial charge in [0.15, 0.2) is 6.61 Å². The van der Waals surface area contributed by atoms with Crippen molar-refractivity contribution in [3.8, 4) is 11.3 Å². The predicted molar refractivity (Wildman–Crippen MR) is 126 cm³/mol. The van der Waals surface area contributed by atoms with Crippen LogP contribution in [0.3, 0.4) is 0 Å². The number of nitrogens with one attached hydrogen (secondary N) is 2. The second-order valence-electron chi connectivity index (χ2n) is 6.57. The molecule has 0 fully saturated rings. The van der Waals surface area contributed by atoms with Crippen molar-refractivity contribution in [3.63, 3.8) is 0 Å². The summed E-state index contributed by atoms with van der Waals surface area (Å²) in [6.07, 6.45) is 1.46. The van der Waals surface area contributed by atoms with Crippen molar-refractivity contribution in [2.45, 2.75) is 6.92 Å². The Kier molecular flexibility index (Phi) is 8.69. The first kappa shape index (κ1) is 25.3. The maximum absolute atomic E-state index is 12.4. The number of furan rings is 1. The molecule has 178 valence electrons. The highest BCUT2D eigenvalue weighted by atomic mass is 35.5. The van der Waals surface area contributed by atoms with Crippen LogP contribution in [0.1, 0.15) is 27.6 Å². The number of hydrogen-bond acceptors (Lipinski definition) is 8. The summed E-state index contributed by atoms with van der Waals surface area (Å²) in [4.78, 5) is 48.8. The number of halogens is 2. The lowest BCUT2D eigenvalue weighted by Crippen LogP contribution is -2.32. The van der Waals surface area contributed by atoms with Gasteiger partial charge in [-0.2, -0.15) is 0 Å². The van der Waals surface area contributed by atoms with Gasteiger partial charge in [-0.25, -0.2) is 4.79 Å². The Hall–Kier alpha value is -3.34. The monoisotopic (exact) mass is 524 g/mol. The van der Waals surface area contributed by atoms with E-state index in [2.05, 4.69) is 10.6 Å². The Balaban J connectivity index is 1.56. The summed E-state index contributed by atoms with van der Waals surface area (Å²) in [7, 11) is 0. The Morgan fingerprint density at radius 3 is 2.59 bits per heavy atom. The Morgan fingerprint density at radius 1 is 1.12 bits per heavy atom. The average molecular weight is 525 g/mol. The molecule has 12 heteroatoms. The maximum atomic E-state index is 12.4. The molecule has 0 aliphatic heterocycles. The van der Waals surface area contributed by atoms with E-state index < -0.39 is 36.9 Å². The third kappa shape index (κ3) is 6.37. The van der Waals surface area contributed by atoms with Crippen molar-refractivity contribution in [3.05, 3.63) is 63.1 Å². The van der Waals surface area contributed by atoms with Gasteiger partial charge in [0, 0.05) is 16.0 Å². The summed E-state index contributed by atoms with van der Waals surface area (Å²) in [6.45, 7) is 0.686. The lowest BCUT2D eigenvalue weighted by molar-refractivity contribution is -0.146. The molecule has 0 saturated carbocycles. The molecule has 9 nitrogen and oxygen atoms in total. The largest absolute Gasteiger partial charge is 0.464 e. The Labute approximate surface area is 207 Å². The van der Waals surface area contributed by atoms with Gasteiger partial charge in [-0.05, 0) is 37.3 Å². The third-order valence-corrected chi connectivity index (χ3v) is 5.69. The van der Waals surface area contributed by atoms with Crippen LogP contribution in [0, 0.1) is 0 Å². The van der Waals surface area contributed by atoms with Crippen molar-refractivity contribution in [1.29, 1.82) is 0 Å². The van der Waals surface area contributed by atoms with Crippen LogP contribution in [0.15, 0.2) is 46.4 Å². The molecule has 34 heavy (non-hydrogen) atoms. The summed E-state index contributed by atoms with van der Waals surface area (Å²) in [5, 5.41) is 7.23. The van der Waals surface area contributed by atoms with Gasteiger partial charge >= 0.3 is 11.9 Å². The molecule has 0 spiro atoms. The number of ether oxygens (including phenoxy) is 2. The van der Waals surface area contributed by atoms with Crippen LogP contribution in [0.5, 0.6) is 0 Å². The Morgan fingerprint density at radius 2 is 1.91 bits per heavy atom. The molecule has 2 N–H and O–H groups in total. The first-order valence-electron chi connectivity index (χ1n) is 9.81. The molecule has 0 saturated heterocycles. The molecule has 0 atom stereocenters. The number of anilines is 1. The van der Waals surface area contributed by atoms with E-state index >= 15 is 0 Å². The molecule has 2 aromatic heterocycles. The fourth-order valence-electron chi connectivity index (χ4n) is 2.75. The third-order valence-electron chi connectivity index (χ3n) is 4.24. The standard InChI is InChI=1S/C22H18Cl2N2O7S/c1-2-31-22(30)19-14(16-4-3-7-32-16)11-34-21(19)26-17(27)10-33-18(28)9-25-20(29)13-6-5-12(23)8-15(13)24/h3-8,11H,2,9-10H2,1H3,(H,25,29)(H,26,27). The van der Waals surface area contributed by atoms with Crippen molar-refractivity contribution in [1.82, 2.24) is 5.32 Å². The van der Waals surface area contributed by atoms with Crippen molar-refractivity contribution >= 4 is 63.3 Å². The van der Waals surface area contributed by atoms with Crippen LogP contribution < -0.4 is 10.6 Å². The van der Waals surface area contributed by atoms with Crippen molar-refractivity contribution in [2.75, 3.05) is 25.1 Å². The number of hydrogen-bond donors (Lipinski definition) is 2. The van der Waals surface area contributed by atoms with Crippen molar-refractivity contribution < 1.29 is 33.1 Å². The molecule has 0 radical (unpaired) electrons. The number of benzene rings is 1. The normalized spacial score (nSPS) is 10.4. The number of esters is 2. The lowest BCUT2D eigenvalue weighted by Gasteiger charge is -2.09. The van der Waals surface area contributed by atoms with Gasteiger partial charge in [0.05, 0.1) is 23.5 Å². The highest BCUT2D eigenvalue weighted by Crippen LogP contribution is 2.36. The number of carbonyl (C=O) groups is 4. The molecule has 2 heterocycles. The summed E-state index contributed by atoms with van der Waals surface area (Å²) in [6, 6.07) is 7.63. The molecule has 3 rings (SSSR count). The molecule has 0 aliphatic carbocycles. The molecular weight excluding hydrogens is 507 g/mol. The Bertz CT molecular complexity index is 1210. The van der Waals surface area contributed by atoms with E-state index in [-0.39, 0.29) is 27.8 Å². The molecule has 2 amide bonds. The minimum Gasteiger partial charge on any atom is -0.464 e. The molecule has 3 aromatic rings. The van der Waals surface area contributed by atoms with Crippen LogP contribution >= 0.6 is 34.5 Å². The SMILES string of the molecule is CCOC(=O)c1c(-c2ccco2)csc1NC(=O)COC(=O)CNC(=O)c1ccc(Cl)cc1Cl. The van der Waals surface area contributed by atoms with Gasteiger partial charge in [-0.15, -0.1) is 11.3 Å². The average Bonchev–Trinajstić information content (AvgIpc) is 3.46. The summed E-state index contributed by atoms with van der Waals surface area (Å²) >= 11 is 12.8. The zero-order valence-electron chi connectivity index (χ0n) is 17.7. The zero-order valence-corrected chi connectivity index (χ0v) is 20.0. The van der Waals surface area contributed by atoms with E-state index in [0.717, 1.165) is 11.3 Å². The van der Waals surface area contributed by atoms with Gasteiger partial charge in [0.1, 0.15) is 22.9 Å². The second kappa shape index (κ2) is 11.7. The zero-order chi connectivity index (χ0) is 24.7. The van der Waals surface area contributed by atoms with Crippen LogP contribution in [-0.2, 0) is 19.1 Å². The fourth-order valence-corrected chi connectivity index (χ4v) is 4.20. The summed E-state index contributed by atoms with van der Waals surface area (Å²) < 4.78 is 15.3. The number of thiophene rings is 1. The van der Waals surface area contributed by atoms with Gasteiger partial charge < -0.3 is 24.5 Å². The van der Waals surface area contributed by atoms with E-state index in [4.69, 9.17) is 37.1 Å². The number of amides is 2. The van der Waals surface area contributed by atoms with Crippen molar-refractivity contribution in [2.24, 2.45) is 0 Å². The van der Waals surface area contributed by atoms with E-state index in [0.29, 0.717) is 16.3 Å². The molecule has 0 unspecified atom stereocenters. The maximum Gasteiger partial charge on any atom is 0.341 e. The van der Waals surface area contributed by atoms with Gasteiger partial charge in [-0.3, -0.25) is 14.4 Å². The quantitative estimate of drug-likeness (QED) is 0.397. The van der Waals surface area contributed by atoms with Crippen LogP contribution in [-0.4, -0.2) is 43.5 Å². The number of rotatable bonds is 9. The van der Waals surface area contributed by atoms with E-state index in [9.17, 15) is 19.2 Å². The molecule has 0 aliphatic rings. The summed E-state index contributed by atoms with van der Waals surface area (Å²) in [5.74, 6) is -2.33. The second-order valence-corrected chi connectivity index (χ2v) is 8.29. The molecule has 0 bridgehead atoms. The van der Waals surface area contributed by atoms with E-state index in [1.807, 2.05) is 0 Å². The fraction of sp³-hybridized carbons (Fsp3) is 0.182. The van der Waals surface area contributed by atoms with Gasteiger partial charge in [0.2, 0.25) is 0 Å². The molecule has 1 aromatic carbocycles. The van der Waals surface area contributed by atoms with Crippen LogP contribution in [0.4, 0.5) is 5.00 Å². The topological polar surface area (TPSA) is 124 Å². The summed E-state index contributed by atoms with van der Waals surface area (Å²) in [5.41, 5.74) is 0.728. The van der Waals surface area contributed by atoms with E-state index in [1.165, 1.54) is 24.5 Å². The van der Waals surface area contributed by atoms with E-state index in [1.54, 1.807) is 24.4 Å². The van der Waals surface area contributed by atoms with Gasteiger partial charge in [0.25, 0.3) is 11.8 Å². The van der Waals surface area contributed by atoms with Crippen LogP contribution in [0.25, 0.3) is 11.3 Å². The highest BCUT2D eigenvalue weighted by Gasteiger charge is 2.24. The molecular formula is C22H18Cl2N2O7S.